The fourth-order valence-electron chi connectivity index (χ4n) is 1.37. The van der Waals surface area contributed by atoms with Gasteiger partial charge in [0.05, 0.1) is 0 Å². The Kier molecular flexibility index (Phi) is 3.05. The van der Waals surface area contributed by atoms with Crippen LogP contribution in [0.2, 0.25) is 0 Å². The van der Waals surface area contributed by atoms with E-state index in [2.05, 4.69) is 0 Å². The second kappa shape index (κ2) is 4.65. The third kappa shape index (κ3) is 2.60. The van der Waals surface area contributed by atoms with E-state index in [9.17, 15) is 9.18 Å². The molecule has 2 aromatic rings. The van der Waals surface area contributed by atoms with Crippen LogP contribution in [-0.4, -0.2) is 5.91 Å². The Morgan fingerprint density at radius 2 is 1.88 bits per heavy atom. The minimum atomic E-state index is -0.552. The highest BCUT2D eigenvalue weighted by Gasteiger charge is 2.05. The first-order valence-electron chi connectivity index (χ1n) is 4.99. The topological polar surface area (TPSA) is 52.3 Å². The number of carbonyl (C=O) groups excluding carboxylic acids is 1. The van der Waals surface area contributed by atoms with E-state index in [-0.39, 0.29) is 5.75 Å². The Bertz CT molecular complexity index is 555. The lowest BCUT2D eigenvalue weighted by Crippen LogP contribution is -2.10. The lowest BCUT2D eigenvalue weighted by atomic mass is 10.2. The van der Waals surface area contributed by atoms with Crippen molar-refractivity contribution >= 4 is 5.91 Å². The summed E-state index contributed by atoms with van der Waals surface area (Å²) in [6.07, 6.45) is 0. The summed E-state index contributed by atoms with van der Waals surface area (Å²) < 4.78 is 18.6. The quantitative estimate of drug-likeness (QED) is 0.882. The molecule has 2 N–H and O–H groups in total. The van der Waals surface area contributed by atoms with Gasteiger partial charge in [0.15, 0.2) is 11.6 Å². The van der Waals surface area contributed by atoms with Crippen LogP contribution >= 0.6 is 0 Å². The second-order valence-electron chi connectivity index (χ2n) is 3.42. The molecule has 0 heterocycles. The van der Waals surface area contributed by atoms with Crippen LogP contribution in [0.4, 0.5) is 4.39 Å². The van der Waals surface area contributed by atoms with Crippen LogP contribution in [0.1, 0.15) is 10.4 Å². The fourth-order valence-corrected chi connectivity index (χ4v) is 1.37. The van der Waals surface area contributed by atoms with Crippen molar-refractivity contribution in [3.8, 4) is 11.5 Å². The molecule has 0 unspecified atom stereocenters. The predicted octanol–water partition coefficient (Wildman–Crippen LogP) is 2.72. The lowest BCUT2D eigenvalue weighted by molar-refractivity contribution is 0.1000. The Labute approximate surface area is 97.6 Å². The number of halogens is 1. The van der Waals surface area contributed by atoms with E-state index in [1.165, 1.54) is 18.2 Å². The molecule has 0 aliphatic rings. The first-order valence-corrected chi connectivity index (χ1v) is 4.99. The molecule has 0 fully saturated rings. The van der Waals surface area contributed by atoms with Crippen molar-refractivity contribution < 1.29 is 13.9 Å². The second-order valence-corrected chi connectivity index (χ2v) is 3.42. The van der Waals surface area contributed by atoms with E-state index in [1.807, 2.05) is 0 Å². The Balaban J connectivity index is 2.28. The van der Waals surface area contributed by atoms with E-state index in [4.69, 9.17) is 10.5 Å². The van der Waals surface area contributed by atoms with Crippen molar-refractivity contribution in [2.45, 2.75) is 0 Å². The Morgan fingerprint density at radius 3 is 2.59 bits per heavy atom. The number of hydrogen-bond donors (Lipinski definition) is 1. The van der Waals surface area contributed by atoms with E-state index < -0.39 is 11.7 Å². The SMILES string of the molecule is NC(=O)c1cccc(Oc2ccccc2F)c1. The van der Waals surface area contributed by atoms with Crippen LogP contribution in [0, 0.1) is 5.82 Å². The number of rotatable bonds is 3. The van der Waals surface area contributed by atoms with Crippen LogP contribution in [0.25, 0.3) is 0 Å². The summed E-state index contributed by atoms with van der Waals surface area (Å²) >= 11 is 0. The summed E-state index contributed by atoms with van der Waals surface area (Å²) in [5, 5.41) is 0. The summed E-state index contributed by atoms with van der Waals surface area (Å²) in [6.45, 7) is 0. The van der Waals surface area contributed by atoms with Crippen molar-refractivity contribution in [2.75, 3.05) is 0 Å². The average molecular weight is 231 g/mol. The van der Waals surface area contributed by atoms with E-state index in [0.717, 1.165) is 0 Å². The van der Waals surface area contributed by atoms with Crippen molar-refractivity contribution in [3.63, 3.8) is 0 Å². The molecule has 0 radical (unpaired) electrons. The number of ether oxygens (including phenoxy) is 1. The van der Waals surface area contributed by atoms with Gasteiger partial charge in [-0.1, -0.05) is 18.2 Å². The molecule has 17 heavy (non-hydrogen) atoms. The van der Waals surface area contributed by atoms with Gasteiger partial charge in [0.1, 0.15) is 5.75 Å². The molecule has 3 nitrogen and oxygen atoms in total. The maximum absolute atomic E-state index is 13.3. The number of primary amides is 1. The van der Waals surface area contributed by atoms with E-state index in [0.29, 0.717) is 11.3 Å². The Hall–Kier alpha value is -2.36. The average Bonchev–Trinajstić information content (AvgIpc) is 2.32. The molecule has 0 aliphatic carbocycles. The van der Waals surface area contributed by atoms with Crippen molar-refractivity contribution in [2.24, 2.45) is 5.73 Å². The van der Waals surface area contributed by atoms with Gasteiger partial charge >= 0.3 is 0 Å². The number of carbonyl (C=O) groups is 1. The molecule has 0 bridgehead atoms. The highest BCUT2D eigenvalue weighted by atomic mass is 19.1. The monoisotopic (exact) mass is 231 g/mol. The lowest BCUT2D eigenvalue weighted by Gasteiger charge is -2.07. The molecule has 0 spiro atoms. The number of para-hydroxylation sites is 1. The van der Waals surface area contributed by atoms with Gasteiger partial charge in [0, 0.05) is 5.56 Å². The summed E-state index contributed by atoms with van der Waals surface area (Å²) in [4.78, 5) is 11.0. The van der Waals surface area contributed by atoms with Gasteiger partial charge in [0.25, 0.3) is 0 Å². The molecule has 1 amide bonds. The molecular weight excluding hydrogens is 221 g/mol. The van der Waals surface area contributed by atoms with Crippen LogP contribution in [-0.2, 0) is 0 Å². The highest BCUT2D eigenvalue weighted by Crippen LogP contribution is 2.24. The van der Waals surface area contributed by atoms with Crippen molar-refractivity contribution in [1.82, 2.24) is 0 Å². The minimum absolute atomic E-state index is 0.106. The highest BCUT2D eigenvalue weighted by molar-refractivity contribution is 5.93. The molecular formula is C13H10FNO2. The van der Waals surface area contributed by atoms with Crippen LogP contribution in [0.5, 0.6) is 11.5 Å². The normalized spacial score (nSPS) is 9.94. The summed E-state index contributed by atoms with van der Waals surface area (Å²) in [5.74, 6) is -0.540. The van der Waals surface area contributed by atoms with Gasteiger partial charge in [-0.25, -0.2) is 4.39 Å². The first kappa shape index (κ1) is 11.1. The smallest absolute Gasteiger partial charge is 0.248 e. The number of benzene rings is 2. The molecule has 0 aromatic heterocycles. The molecule has 2 aromatic carbocycles. The van der Waals surface area contributed by atoms with E-state index in [1.54, 1.807) is 30.3 Å². The van der Waals surface area contributed by atoms with Crippen molar-refractivity contribution in [3.05, 3.63) is 59.9 Å². The molecule has 0 atom stereocenters. The predicted molar refractivity (Wildman–Crippen MR) is 61.4 cm³/mol. The Morgan fingerprint density at radius 1 is 1.12 bits per heavy atom. The van der Waals surface area contributed by atoms with Crippen LogP contribution in [0.3, 0.4) is 0 Å². The summed E-state index contributed by atoms with van der Waals surface area (Å²) in [6, 6.07) is 12.3. The first-order chi connectivity index (χ1) is 8.16. The molecule has 0 saturated heterocycles. The molecule has 86 valence electrons. The van der Waals surface area contributed by atoms with Gasteiger partial charge in [-0.3, -0.25) is 4.79 Å². The molecule has 0 saturated carbocycles. The van der Waals surface area contributed by atoms with Gasteiger partial charge in [0.2, 0.25) is 5.91 Å². The zero-order valence-electron chi connectivity index (χ0n) is 8.89. The fraction of sp³-hybridized carbons (Fsp3) is 0. The summed E-state index contributed by atoms with van der Waals surface area (Å²) in [7, 11) is 0. The largest absolute Gasteiger partial charge is 0.454 e. The van der Waals surface area contributed by atoms with Crippen molar-refractivity contribution in [1.29, 1.82) is 0 Å². The summed E-state index contributed by atoms with van der Waals surface area (Å²) in [5.41, 5.74) is 5.46. The number of amides is 1. The van der Waals surface area contributed by atoms with Gasteiger partial charge < -0.3 is 10.5 Å². The maximum Gasteiger partial charge on any atom is 0.248 e. The van der Waals surface area contributed by atoms with Gasteiger partial charge in [-0.05, 0) is 30.3 Å². The minimum Gasteiger partial charge on any atom is -0.454 e. The van der Waals surface area contributed by atoms with Gasteiger partial charge in [-0.15, -0.1) is 0 Å². The number of hydrogen-bond acceptors (Lipinski definition) is 2. The van der Waals surface area contributed by atoms with Gasteiger partial charge in [-0.2, -0.15) is 0 Å². The van der Waals surface area contributed by atoms with Crippen LogP contribution < -0.4 is 10.5 Å². The zero-order chi connectivity index (χ0) is 12.3. The van der Waals surface area contributed by atoms with Crippen LogP contribution in [0.15, 0.2) is 48.5 Å². The third-order valence-electron chi connectivity index (χ3n) is 2.18. The standard InChI is InChI=1S/C13H10FNO2/c14-11-6-1-2-7-12(11)17-10-5-3-4-9(8-10)13(15)16/h1-8H,(H2,15,16). The third-order valence-corrected chi connectivity index (χ3v) is 2.18. The van der Waals surface area contributed by atoms with E-state index >= 15 is 0 Å². The molecule has 2 rings (SSSR count). The zero-order valence-corrected chi connectivity index (χ0v) is 8.89. The maximum atomic E-state index is 13.3. The molecule has 0 aliphatic heterocycles. The molecule has 4 heteroatoms. The number of nitrogens with two attached hydrogens (primary N) is 1.